The van der Waals surface area contributed by atoms with Gasteiger partial charge in [-0.3, -0.25) is 0 Å². The van der Waals surface area contributed by atoms with Crippen LogP contribution in [0.4, 0.5) is 0 Å². The van der Waals surface area contributed by atoms with Crippen molar-refractivity contribution in [3.8, 4) is 0 Å². The molecule has 0 saturated carbocycles. The molecule has 0 amide bonds. The summed E-state index contributed by atoms with van der Waals surface area (Å²) in [7, 11) is 0. The number of allylic oxidation sites excluding steroid dienone is 3. The highest BCUT2D eigenvalue weighted by molar-refractivity contribution is 5.25. The van der Waals surface area contributed by atoms with Crippen LogP contribution in [-0.4, -0.2) is 11.2 Å². The zero-order valence-corrected chi connectivity index (χ0v) is 6.54. The summed E-state index contributed by atoms with van der Waals surface area (Å²) in [6.07, 6.45) is 6.82. The van der Waals surface area contributed by atoms with Crippen molar-refractivity contribution in [2.45, 2.75) is 20.0 Å². The lowest BCUT2D eigenvalue weighted by Crippen LogP contribution is -2.01. The maximum atomic E-state index is 9.11. The lowest BCUT2D eigenvalue weighted by Gasteiger charge is -2.02. The molecule has 0 saturated heterocycles. The van der Waals surface area contributed by atoms with Crippen molar-refractivity contribution in [3.05, 3.63) is 36.5 Å². The molecule has 1 nitrogen and oxygen atoms in total. The third-order valence-electron chi connectivity index (χ3n) is 1.15. The van der Waals surface area contributed by atoms with E-state index in [4.69, 9.17) is 5.11 Å². The van der Waals surface area contributed by atoms with Crippen LogP contribution in [0.1, 0.15) is 13.8 Å². The van der Waals surface area contributed by atoms with Crippen LogP contribution in [0.2, 0.25) is 0 Å². The van der Waals surface area contributed by atoms with Crippen LogP contribution in [0.25, 0.3) is 0 Å². The van der Waals surface area contributed by atoms with Gasteiger partial charge in [-0.25, -0.2) is 0 Å². The molecule has 0 rings (SSSR count). The van der Waals surface area contributed by atoms with E-state index in [9.17, 15) is 0 Å². The predicted molar refractivity (Wildman–Crippen MR) is 44.8 cm³/mol. The fraction of sp³-hybridized carbons (Fsp3) is 0.333. The molecular formula is C9H14O. The Morgan fingerprint density at radius 3 is 2.50 bits per heavy atom. The molecular weight excluding hydrogens is 124 g/mol. The van der Waals surface area contributed by atoms with Crippen LogP contribution in [0.5, 0.6) is 0 Å². The largest absolute Gasteiger partial charge is 0.389 e. The average Bonchev–Trinajstić information content (AvgIpc) is 1.87. The first kappa shape index (κ1) is 9.18. The Morgan fingerprint density at radius 2 is 2.20 bits per heavy atom. The first-order valence-electron chi connectivity index (χ1n) is 3.35. The molecule has 1 N–H and O–H groups in total. The molecule has 1 unspecified atom stereocenters. The molecule has 56 valence electrons. The molecule has 0 radical (unpaired) electrons. The third kappa shape index (κ3) is 3.25. The maximum absolute atomic E-state index is 9.11. The smallest absolute Gasteiger partial charge is 0.0761 e. The van der Waals surface area contributed by atoms with E-state index in [0.717, 1.165) is 5.57 Å². The van der Waals surface area contributed by atoms with Crippen molar-refractivity contribution in [2.75, 3.05) is 0 Å². The molecule has 0 aliphatic carbocycles. The minimum absolute atomic E-state index is 0.408. The Hall–Kier alpha value is -0.820. The van der Waals surface area contributed by atoms with Crippen LogP contribution in [0.3, 0.4) is 0 Å². The molecule has 0 aromatic carbocycles. The molecule has 10 heavy (non-hydrogen) atoms. The summed E-state index contributed by atoms with van der Waals surface area (Å²) in [6.45, 7) is 7.19. The minimum Gasteiger partial charge on any atom is -0.389 e. The lowest BCUT2D eigenvalue weighted by atomic mass is 10.1. The van der Waals surface area contributed by atoms with E-state index in [1.54, 1.807) is 19.1 Å². The topological polar surface area (TPSA) is 20.2 Å². The van der Waals surface area contributed by atoms with Gasteiger partial charge in [0.25, 0.3) is 0 Å². The third-order valence-corrected chi connectivity index (χ3v) is 1.15. The van der Waals surface area contributed by atoms with Gasteiger partial charge in [0.05, 0.1) is 6.10 Å². The average molecular weight is 138 g/mol. The first-order chi connectivity index (χ1) is 4.72. The molecule has 1 heteroatoms. The molecule has 0 spiro atoms. The van der Waals surface area contributed by atoms with Crippen LogP contribution in [0, 0.1) is 0 Å². The summed E-state index contributed by atoms with van der Waals surface area (Å²) in [5.41, 5.74) is 0.887. The summed E-state index contributed by atoms with van der Waals surface area (Å²) in [5.74, 6) is 0. The maximum Gasteiger partial charge on any atom is 0.0761 e. The molecule has 0 aliphatic heterocycles. The Kier molecular flexibility index (Phi) is 4.59. The quantitative estimate of drug-likeness (QED) is 0.592. The first-order valence-corrected chi connectivity index (χ1v) is 3.35. The van der Waals surface area contributed by atoms with Gasteiger partial charge < -0.3 is 5.11 Å². The minimum atomic E-state index is -0.408. The van der Waals surface area contributed by atoms with E-state index >= 15 is 0 Å². The molecule has 0 aliphatic rings. The van der Waals surface area contributed by atoms with Crippen LogP contribution in [-0.2, 0) is 0 Å². The summed E-state index contributed by atoms with van der Waals surface area (Å²) in [4.78, 5) is 0. The number of aliphatic hydroxyl groups excluding tert-OH is 1. The SMILES string of the molecule is C=C/C=C(\C=C/C)C(C)O. The molecule has 0 aromatic rings. The van der Waals surface area contributed by atoms with Crippen molar-refractivity contribution in [1.29, 1.82) is 0 Å². The van der Waals surface area contributed by atoms with Gasteiger partial charge in [0.2, 0.25) is 0 Å². The lowest BCUT2D eigenvalue weighted by molar-refractivity contribution is 0.235. The highest BCUT2D eigenvalue weighted by Crippen LogP contribution is 2.03. The monoisotopic (exact) mass is 138 g/mol. The van der Waals surface area contributed by atoms with Crippen molar-refractivity contribution < 1.29 is 5.11 Å². The van der Waals surface area contributed by atoms with E-state index in [1.165, 1.54) is 0 Å². The van der Waals surface area contributed by atoms with E-state index in [2.05, 4.69) is 6.58 Å². The standard InChI is InChI=1S/C9H14O/c1-4-6-9(7-5-2)8(3)10/h4-8,10H,1H2,2-3H3/b7-5-,9-6+. The highest BCUT2D eigenvalue weighted by Gasteiger charge is 1.96. The van der Waals surface area contributed by atoms with Crippen molar-refractivity contribution in [3.63, 3.8) is 0 Å². The molecule has 0 fully saturated rings. The van der Waals surface area contributed by atoms with Gasteiger partial charge in [-0.05, 0) is 19.4 Å². The van der Waals surface area contributed by atoms with Crippen molar-refractivity contribution in [2.24, 2.45) is 0 Å². The van der Waals surface area contributed by atoms with E-state index in [-0.39, 0.29) is 0 Å². The zero-order valence-electron chi connectivity index (χ0n) is 6.54. The number of hydrogen-bond donors (Lipinski definition) is 1. The molecule has 0 bridgehead atoms. The number of rotatable bonds is 3. The van der Waals surface area contributed by atoms with Gasteiger partial charge in [0.1, 0.15) is 0 Å². The molecule has 1 atom stereocenters. The normalized spacial score (nSPS) is 15.7. The number of aliphatic hydroxyl groups is 1. The van der Waals surface area contributed by atoms with E-state index < -0.39 is 6.10 Å². The van der Waals surface area contributed by atoms with Gasteiger partial charge in [-0.15, -0.1) is 0 Å². The molecule has 0 heterocycles. The van der Waals surface area contributed by atoms with Gasteiger partial charge in [0, 0.05) is 0 Å². The summed E-state index contributed by atoms with van der Waals surface area (Å²) in [5, 5.41) is 9.11. The second kappa shape index (κ2) is 5.00. The van der Waals surface area contributed by atoms with Crippen LogP contribution in [0.15, 0.2) is 36.5 Å². The van der Waals surface area contributed by atoms with E-state index in [0.29, 0.717) is 0 Å². The summed E-state index contributed by atoms with van der Waals surface area (Å²) in [6, 6.07) is 0. The number of hydrogen-bond acceptors (Lipinski definition) is 1. The fourth-order valence-corrected chi connectivity index (χ4v) is 0.663. The van der Waals surface area contributed by atoms with Crippen molar-refractivity contribution >= 4 is 0 Å². The van der Waals surface area contributed by atoms with E-state index in [1.807, 2.05) is 19.1 Å². The zero-order chi connectivity index (χ0) is 7.98. The fourth-order valence-electron chi connectivity index (χ4n) is 0.663. The Morgan fingerprint density at radius 1 is 1.60 bits per heavy atom. The van der Waals surface area contributed by atoms with Gasteiger partial charge in [0.15, 0.2) is 0 Å². The highest BCUT2D eigenvalue weighted by atomic mass is 16.3. The van der Waals surface area contributed by atoms with Crippen LogP contribution < -0.4 is 0 Å². The Bertz CT molecular complexity index is 152. The van der Waals surface area contributed by atoms with Crippen LogP contribution >= 0.6 is 0 Å². The summed E-state index contributed by atoms with van der Waals surface area (Å²) >= 11 is 0. The van der Waals surface area contributed by atoms with Gasteiger partial charge >= 0.3 is 0 Å². The second-order valence-electron chi connectivity index (χ2n) is 2.08. The summed E-state index contributed by atoms with van der Waals surface area (Å²) < 4.78 is 0. The van der Waals surface area contributed by atoms with Gasteiger partial charge in [-0.2, -0.15) is 0 Å². The second-order valence-corrected chi connectivity index (χ2v) is 2.08. The predicted octanol–water partition coefficient (Wildman–Crippen LogP) is 2.06. The Balaban J connectivity index is 4.25. The molecule has 0 aromatic heterocycles. The Labute approximate surface area is 62.4 Å². The van der Waals surface area contributed by atoms with Gasteiger partial charge in [-0.1, -0.05) is 30.9 Å². The van der Waals surface area contributed by atoms with Crippen molar-refractivity contribution in [1.82, 2.24) is 0 Å².